The zero-order chi connectivity index (χ0) is 22.9. The fourth-order valence-corrected chi connectivity index (χ4v) is 4.26. The Morgan fingerprint density at radius 1 is 1.03 bits per heavy atom. The summed E-state index contributed by atoms with van der Waals surface area (Å²) >= 11 is 0. The number of nitrogens with zero attached hydrogens (tertiary/aromatic N) is 2. The lowest BCUT2D eigenvalue weighted by Gasteiger charge is -2.30. The number of amides is 1. The van der Waals surface area contributed by atoms with Gasteiger partial charge in [-0.25, -0.2) is 8.42 Å². The zero-order valence-corrected chi connectivity index (χ0v) is 18.6. The molecule has 1 aromatic heterocycles. The number of rotatable bonds is 6. The lowest BCUT2D eigenvalue weighted by molar-refractivity contribution is -0.128. The van der Waals surface area contributed by atoms with Gasteiger partial charge in [0.1, 0.15) is 6.10 Å². The van der Waals surface area contributed by atoms with Crippen molar-refractivity contribution in [2.24, 2.45) is 0 Å². The second-order valence-corrected chi connectivity index (χ2v) is 10.2. The molecule has 2 unspecified atom stereocenters. The minimum atomic E-state index is -3.33. The quantitative estimate of drug-likeness (QED) is 0.600. The SMILES string of the molecule is CC1Oc2ccccc2OC1C(=O)Nc1nnc(Cc2ccc(S(=O)(=O)C(C)C)cc2)o1. The summed E-state index contributed by atoms with van der Waals surface area (Å²) in [6.45, 7) is 5.02. The molecule has 0 saturated carbocycles. The van der Waals surface area contributed by atoms with E-state index in [1.165, 1.54) is 0 Å². The summed E-state index contributed by atoms with van der Waals surface area (Å²) in [4.78, 5) is 12.9. The molecule has 32 heavy (non-hydrogen) atoms. The van der Waals surface area contributed by atoms with Gasteiger partial charge in [-0.05, 0) is 50.6 Å². The van der Waals surface area contributed by atoms with Crippen LogP contribution in [0, 0.1) is 0 Å². The number of fused-ring (bicyclic) bond motifs is 1. The Morgan fingerprint density at radius 3 is 2.34 bits per heavy atom. The Labute approximate surface area is 185 Å². The summed E-state index contributed by atoms with van der Waals surface area (Å²) in [6.07, 6.45) is -1.10. The van der Waals surface area contributed by atoms with Gasteiger partial charge in [-0.15, -0.1) is 5.10 Å². The third-order valence-electron chi connectivity index (χ3n) is 5.03. The van der Waals surface area contributed by atoms with Crippen molar-refractivity contribution >= 4 is 21.8 Å². The third kappa shape index (κ3) is 4.45. The Morgan fingerprint density at radius 2 is 1.69 bits per heavy atom. The van der Waals surface area contributed by atoms with E-state index in [1.54, 1.807) is 63.2 Å². The molecule has 3 aromatic rings. The summed E-state index contributed by atoms with van der Waals surface area (Å²) < 4.78 is 41.5. The molecule has 9 nitrogen and oxygen atoms in total. The number of carbonyl (C=O) groups excluding carboxylic acids is 1. The predicted octanol–water partition coefficient (Wildman–Crippen LogP) is 3.01. The first-order valence-corrected chi connectivity index (χ1v) is 11.7. The number of sulfone groups is 1. The highest BCUT2D eigenvalue weighted by Gasteiger charge is 2.34. The predicted molar refractivity (Wildman–Crippen MR) is 115 cm³/mol. The van der Waals surface area contributed by atoms with E-state index in [-0.39, 0.29) is 23.2 Å². The van der Waals surface area contributed by atoms with Crippen molar-refractivity contribution in [3.05, 3.63) is 60.0 Å². The molecule has 1 aliphatic rings. The van der Waals surface area contributed by atoms with E-state index in [0.717, 1.165) is 5.56 Å². The van der Waals surface area contributed by atoms with Crippen LogP contribution in [0.4, 0.5) is 6.01 Å². The summed E-state index contributed by atoms with van der Waals surface area (Å²) in [7, 11) is -3.33. The van der Waals surface area contributed by atoms with Gasteiger partial charge in [-0.3, -0.25) is 10.1 Å². The fourth-order valence-electron chi connectivity index (χ4n) is 3.20. The summed E-state index contributed by atoms with van der Waals surface area (Å²) in [5.74, 6) is 0.876. The van der Waals surface area contributed by atoms with Gasteiger partial charge in [0.15, 0.2) is 21.3 Å². The van der Waals surface area contributed by atoms with Crippen molar-refractivity contribution in [2.45, 2.75) is 49.5 Å². The summed E-state index contributed by atoms with van der Waals surface area (Å²) in [5, 5.41) is 9.86. The van der Waals surface area contributed by atoms with Crippen molar-refractivity contribution in [3.63, 3.8) is 0 Å². The maximum Gasteiger partial charge on any atom is 0.322 e. The molecule has 2 heterocycles. The number of ether oxygens (including phenoxy) is 2. The number of para-hydroxylation sites is 2. The normalized spacial score (nSPS) is 17.9. The van der Waals surface area contributed by atoms with E-state index in [4.69, 9.17) is 13.9 Å². The highest BCUT2D eigenvalue weighted by Crippen LogP contribution is 2.33. The van der Waals surface area contributed by atoms with Crippen molar-refractivity contribution in [1.29, 1.82) is 0 Å². The zero-order valence-electron chi connectivity index (χ0n) is 17.8. The Kier molecular flexibility index (Phi) is 5.88. The number of aromatic nitrogens is 2. The van der Waals surface area contributed by atoms with Crippen molar-refractivity contribution in [2.75, 3.05) is 5.32 Å². The van der Waals surface area contributed by atoms with Gasteiger partial charge in [0.25, 0.3) is 5.91 Å². The Bertz CT molecular complexity index is 1220. The Balaban J connectivity index is 1.40. The van der Waals surface area contributed by atoms with E-state index in [2.05, 4.69) is 15.5 Å². The monoisotopic (exact) mass is 457 g/mol. The highest BCUT2D eigenvalue weighted by atomic mass is 32.2. The molecule has 0 saturated heterocycles. The second kappa shape index (κ2) is 8.62. The largest absolute Gasteiger partial charge is 0.482 e. The molecule has 2 aromatic carbocycles. The number of hydrogen-bond acceptors (Lipinski definition) is 8. The minimum Gasteiger partial charge on any atom is -0.482 e. The van der Waals surface area contributed by atoms with Gasteiger partial charge >= 0.3 is 6.01 Å². The topological polar surface area (TPSA) is 121 Å². The van der Waals surface area contributed by atoms with Crippen molar-refractivity contribution in [1.82, 2.24) is 10.2 Å². The number of hydrogen-bond donors (Lipinski definition) is 1. The van der Waals surface area contributed by atoms with Gasteiger partial charge in [0.05, 0.1) is 16.6 Å². The van der Waals surface area contributed by atoms with Crippen molar-refractivity contribution in [3.8, 4) is 11.5 Å². The van der Waals surface area contributed by atoms with Crippen LogP contribution < -0.4 is 14.8 Å². The van der Waals surface area contributed by atoms with E-state index in [9.17, 15) is 13.2 Å². The molecular formula is C22H23N3O6S. The Hall–Kier alpha value is -3.40. The van der Waals surface area contributed by atoms with Crippen LogP contribution in [0.1, 0.15) is 32.2 Å². The van der Waals surface area contributed by atoms with Gasteiger partial charge in [0.2, 0.25) is 12.0 Å². The first kappa shape index (κ1) is 21.8. The number of nitrogens with one attached hydrogen (secondary N) is 1. The van der Waals surface area contributed by atoms with Crippen LogP contribution in [0.5, 0.6) is 11.5 Å². The molecule has 0 bridgehead atoms. The van der Waals surface area contributed by atoms with Gasteiger partial charge in [-0.2, -0.15) is 0 Å². The van der Waals surface area contributed by atoms with Gasteiger partial charge < -0.3 is 13.9 Å². The molecule has 0 aliphatic carbocycles. The average molecular weight is 458 g/mol. The molecule has 0 fully saturated rings. The number of benzene rings is 2. The average Bonchev–Trinajstić information content (AvgIpc) is 3.20. The van der Waals surface area contributed by atoms with Crippen LogP contribution in [0.2, 0.25) is 0 Å². The van der Waals surface area contributed by atoms with Crippen LogP contribution in [-0.2, 0) is 21.1 Å². The maximum atomic E-state index is 12.6. The van der Waals surface area contributed by atoms with Crippen LogP contribution >= 0.6 is 0 Å². The molecule has 168 valence electrons. The molecule has 2 atom stereocenters. The molecule has 10 heteroatoms. The summed E-state index contributed by atoms with van der Waals surface area (Å²) in [5.41, 5.74) is 0.795. The van der Waals surface area contributed by atoms with E-state index in [1.807, 2.05) is 6.07 Å². The van der Waals surface area contributed by atoms with Gasteiger partial charge in [0, 0.05) is 0 Å². The summed E-state index contributed by atoms with van der Waals surface area (Å²) in [6, 6.07) is 13.6. The second-order valence-electron chi connectivity index (χ2n) is 7.71. The molecule has 0 radical (unpaired) electrons. The molecule has 1 N–H and O–H groups in total. The third-order valence-corrected chi connectivity index (χ3v) is 7.20. The van der Waals surface area contributed by atoms with Gasteiger partial charge in [-0.1, -0.05) is 29.4 Å². The van der Waals surface area contributed by atoms with Crippen LogP contribution in [0.25, 0.3) is 0 Å². The van der Waals surface area contributed by atoms with Crippen LogP contribution in [-0.4, -0.2) is 42.0 Å². The maximum absolute atomic E-state index is 12.6. The lowest BCUT2D eigenvalue weighted by atomic mass is 10.1. The first-order chi connectivity index (χ1) is 15.2. The fraction of sp³-hybridized carbons (Fsp3) is 0.318. The van der Waals surface area contributed by atoms with E-state index in [0.29, 0.717) is 11.5 Å². The van der Waals surface area contributed by atoms with Crippen LogP contribution in [0.15, 0.2) is 57.8 Å². The minimum absolute atomic E-state index is 0.0568. The van der Waals surface area contributed by atoms with E-state index < -0.39 is 33.2 Å². The molecule has 4 rings (SSSR count). The molecular weight excluding hydrogens is 434 g/mol. The van der Waals surface area contributed by atoms with Crippen LogP contribution in [0.3, 0.4) is 0 Å². The van der Waals surface area contributed by atoms with E-state index >= 15 is 0 Å². The number of carbonyl (C=O) groups is 1. The lowest BCUT2D eigenvalue weighted by Crippen LogP contribution is -2.46. The first-order valence-electron chi connectivity index (χ1n) is 10.1. The number of anilines is 1. The molecule has 1 amide bonds. The standard InChI is InChI=1S/C22H23N3O6S/c1-13(2)32(27,28)16-10-8-15(9-11-16)12-19-24-25-22(31-19)23-21(26)20-14(3)29-17-6-4-5-7-18(17)30-20/h4-11,13-14,20H,12H2,1-3H3,(H,23,25,26). The molecule has 0 spiro atoms. The van der Waals surface area contributed by atoms with Crippen molar-refractivity contribution < 1.29 is 27.1 Å². The molecule has 1 aliphatic heterocycles. The highest BCUT2D eigenvalue weighted by molar-refractivity contribution is 7.92. The smallest absolute Gasteiger partial charge is 0.322 e.